The van der Waals surface area contributed by atoms with Crippen LogP contribution < -0.4 is 10.5 Å². The normalized spacial score (nSPS) is 11.5. The van der Waals surface area contributed by atoms with E-state index < -0.39 is 10.0 Å². The summed E-state index contributed by atoms with van der Waals surface area (Å²) in [6.07, 6.45) is 2.26. The van der Waals surface area contributed by atoms with E-state index in [0.717, 1.165) is 22.5 Å². The fraction of sp³-hybridized carbons (Fsp3) is 0.154. The molecule has 0 bridgehead atoms. The zero-order valence-corrected chi connectivity index (χ0v) is 20.2. The molecule has 180 valence electrons. The molecule has 1 amide bonds. The number of nitrogens with two attached hydrogens (primary N) is 1. The van der Waals surface area contributed by atoms with Crippen LogP contribution in [0.1, 0.15) is 12.0 Å². The highest BCUT2D eigenvalue weighted by Crippen LogP contribution is 2.24. The zero-order valence-electron chi connectivity index (χ0n) is 19.3. The van der Waals surface area contributed by atoms with Crippen LogP contribution in [0.25, 0.3) is 16.9 Å². The van der Waals surface area contributed by atoms with E-state index >= 15 is 0 Å². The van der Waals surface area contributed by atoms with Crippen LogP contribution >= 0.6 is 0 Å². The fourth-order valence-electron chi connectivity index (χ4n) is 3.71. The van der Waals surface area contributed by atoms with Gasteiger partial charge in [0.25, 0.3) is 0 Å². The Morgan fingerprint density at radius 2 is 1.69 bits per heavy atom. The summed E-state index contributed by atoms with van der Waals surface area (Å²) in [6, 6.07) is 25.8. The molecule has 0 atom stereocenters. The second kappa shape index (κ2) is 10.6. The first-order valence-corrected chi connectivity index (χ1v) is 12.6. The first-order chi connectivity index (χ1) is 16.8. The summed E-state index contributed by atoms with van der Waals surface area (Å²) in [5, 5.41) is 12.7. The van der Waals surface area contributed by atoms with Crippen LogP contribution in [0.3, 0.4) is 0 Å². The topological polar surface area (TPSA) is 110 Å². The van der Waals surface area contributed by atoms with Crippen LogP contribution in [0.2, 0.25) is 0 Å². The van der Waals surface area contributed by atoms with Crippen LogP contribution in [-0.4, -0.2) is 42.6 Å². The van der Waals surface area contributed by atoms with E-state index in [9.17, 15) is 13.2 Å². The minimum absolute atomic E-state index is 0.0451. The second-order valence-electron chi connectivity index (χ2n) is 8.26. The van der Waals surface area contributed by atoms with Crippen molar-refractivity contribution < 1.29 is 13.2 Å². The lowest BCUT2D eigenvalue weighted by Gasteiger charge is -2.16. The van der Waals surface area contributed by atoms with Gasteiger partial charge in [-0.15, -0.1) is 0 Å². The molecular formula is C26H27N5O3S. The molecule has 3 N–H and O–H groups in total. The molecule has 8 nitrogen and oxygen atoms in total. The molecule has 0 unspecified atom stereocenters. The monoisotopic (exact) mass is 489 g/mol. The Balaban J connectivity index is 1.43. The van der Waals surface area contributed by atoms with Crippen molar-refractivity contribution in [3.63, 3.8) is 0 Å². The van der Waals surface area contributed by atoms with E-state index in [1.54, 1.807) is 6.07 Å². The Labute approximate surface area is 205 Å². The van der Waals surface area contributed by atoms with Gasteiger partial charge < -0.3 is 10.2 Å². The molecule has 4 aromatic rings. The smallest absolute Gasteiger partial charge is 0.238 e. The minimum Gasteiger partial charge on any atom is -0.326 e. The number of hydrogen-bond donors (Lipinski definition) is 2. The van der Waals surface area contributed by atoms with Crippen molar-refractivity contribution in [2.45, 2.75) is 17.9 Å². The number of hydrogen-bond acceptors (Lipinski definition) is 5. The minimum atomic E-state index is -3.83. The summed E-state index contributed by atoms with van der Waals surface area (Å²) in [5.74, 6) is -0.216. The number of sulfonamides is 1. The predicted molar refractivity (Wildman–Crippen MR) is 136 cm³/mol. The van der Waals surface area contributed by atoms with E-state index in [1.165, 1.54) is 18.2 Å². The van der Waals surface area contributed by atoms with Crippen LogP contribution in [0.5, 0.6) is 0 Å². The van der Waals surface area contributed by atoms with Crippen LogP contribution in [0, 0.1) is 0 Å². The van der Waals surface area contributed by atoms with Crippen molar-refractivity contribution >= 4 is 21.6 Å². The van der Waals surface area contributed by atoms with E-state index in [4.69, 9.17) is 10.2 Å². The van der Waals surface area contributed by atoms with Crippen molar-refractivity contribution in [1.82, 2.24) is 14.7 Å². The highest BCUT2D eigenvalue weighted by molar-refractivity contribution is 7.89. The molecule has 0 saturated heterocycles. The third-order valence-electron chi connectivity index (χ3n) is 5.47. The Morgan fingerprint density at radius 3 is 2.37 bits per heavy atom. The fourth-order valence-corrected chi connectivity index (χ4v) is 4.27. The highest BCUT2D eigenvalue weighted by Gasteiger charge is 2.15. The number of para-hydroxylation sites is 1. The van der Waals surface area contributed by atoms with Crippen molar-refractivity contribution in [2.24, 2.45) is 5.14 Å². The molecule has 1 heterocycles. The second-order valence-corrected chi connectivity index (χ2v) is 9.82. The molecular weight excluding hydrogens is 462 g/mol. The zero-order chi connectivity index (χ0) is 24.8. The Hall–Kier alpha value is -3.79. The summed E-state index contributed by atoms with van der Waals surface area (Å²) in [6.45, 7) is 1.11. The average molecular weight is 490 g/mol. The van der Waals surface area contributed by atoms with E-state index in [2.05, 4.69) is 10.2 Å². The average Bonchev–Trinajstić information content (AvgIpc) is 3.27. The highest BCUT2D eigenvalue weighted by atomic mass is 32.2. The lowest BCUT2D eigenvalue weighted by atomic mass is 10.1. The van der Waals surface area contributed by atoms with E-state index in [1.807, 2.05) is 78.6 Å². The van der Waals surface area contributed by atoms with E-state index in [0.29, 0.717) is 18.8 Å². The van der Waals surface area contributed by atoms with Crippen LogP contribution in [0.4, 0.5) is 5.69 Å². The third-order valence-corrected chi connectivity index (χ3v) is 6.38. The maximum Gasteiger partial charge on any atom is 0.238 e. The van der Waals surface area contributed by atoms with Gasteiger partial charge in [0.2, 0.25) is 15.9 Å². The molecule has 0 aliphatic carbocycles. The van der Waals surface area contributed by atoms with Crippen molar-refractivity contribution in [3.8, 4) is 16.9 Å². The van der Waals surface area contributed by atoms with Gasteiger partial charge in [0.1, 0.15) is 0 Å². The van der Waals surface area contributed by atoms with Gasteiger partial charge in [-0.1, -0.05) is 54.6 Å². The number of nitrogens with one attached hydrogen (secondary N) is 1. The Kier molecular flexibility index (Phi) is 7.40. The quantitative estimate of drug-likeness (QED) is 0.373. The van der Waals surface area contributed by atoms with Gasteiger partial charge in [0, 0.05) is 42.5 Å². The number of anilines is 1. The van der Waals surface area contributed by atoms with Crippen LogP contribution in [0.15, 0.2) is 96.0 Å². The molecule has 3 aromatic carbocycles. The number of carbonyl (C=O) groups excluding carboxylic acids is 1. The van der Waals surface area contributed by atoms with Gasteiger partial charge in [-0.2, -0.15) is 5.10 Å². The standard InChI is InChI=1S/C26H27N5O3S/c1-30(16-15-25(32)28-22-11-8-14-24(17-22)35(27,33)34)18-21-19-31(23-12-6-3-7-13-23)29-26(21)20-9-4-2-5-10-20/h2-14,17,19H,15-16,18H2,1H3,(H,28,32)(H2,27,33,34). The number of rotatable bonds is 9. The van der Waals surface area contributed by atoms with Crippen LogP contribution in [-0.2, 0) is 21.4 Å². The molecule has 0 aliphatic heterocycles. The maximum absolute atomic E-state index is 12.5. The van der Waals surface area contributed by atoms with Gasteiger partial charge in [-0.25, -0.2) is 18.2 Å². The molecule has 1 aromatic heterocycles. The van der Waals surface area contributed by atoms with Gasteiger partial charge >= 0.3 is 0 Å². The molecule has 0 saturated carbocycles. The molecule has 0 radical (unpaired) electrons. The molecule has 0 fully saturated rings. The van der Waals surface area contributed by atoms with Crippen molar-refractivity contribution in [2.75, 3.05) is 18.9 Å². The largest absolute Gasteiger partial charge is 0.326 e. The SMILES string of the molecule is CN(CCC(=O)Nc1cccc(S(N)(=O)=O)c1)Cc1cn(-c2ccccc2)nc1-c1ccccc1. The van der Waals surface area contributed by atoms with Gasteiger partial charge in [0.15, 0.2) is 0 Å². The van der Waals surface area contributed by atoms with Crippen molar-refractivity contribution in [1.29, 1.82) is 0 Å². The number of benzene rings is 3. The Morgan fingerprint density at radius 1 is 1.00 bits per heavy atom. The van der Waals surface area contributed by atoms with Gasteiger partial charge in [-0.05, 0) is 37.4 Å². The summed E-state index contributed by atoms with van der Waals surface area (Å²) >= 11 is 0. The third kappa shape index (κ3) is 6.42. The lowest BCUT2D eigenvalue weighted by Crippen LogP contribution is -2.24. The van der Waals surface area contributed by atoms with Crippen molar-refractivity contribution in [3.05, 3.63) is 96.7 Å². The number of primary sulfonamides is 1. The number of amides is 1. The van der Waals surface area contributed by atoms with E-state index in [-0.39, 0.29) is 17.2 Å². The Bertz CT molecular complexity index is 1400. The van der Waals surface area contributed by atoms with Gasteiger partial charge in [-0.3, -0.25) is 4.79 Å². The number of aromatic nitrogens is 2. The maximum atomic E-state index is 12.5. The molecule has 0 spiro atoms. The van der Waals surface area contributed by atoms with Gasteiger partial charge in [0.05, 0.1) is 16.3 Å². The molecule has 9 heteroatoms. The lowest BCUT2D eigenvalue weighted by molar-refractivity contribution is -0.116. The molecule has 4 rings (SSSR count). The molecule has 0 aliphatic rings. The summed E-state index contributed by atoms with van der Waals surface area (Å²) < 4.78 is 24.9. The summed E-state index contributed by atoms with van der Waals surface area (Å²) in [7, 11) is -1.89. The first-order valence-electron chi connectivity index (χ1n) is 11.1. The summed E-state index contributed by atoms with van der Waals surface area (Å²) in [5.41, 5.74) is 4.33. The predicted octanol–water partition coefficient (Wildman–Crippen LogP) is 3.65. The number of nitrogens with zero attached hydrogens (tertiary/aromatic N) is 3. The number of carbonyl (C=O) groups is 1. The summed E-state index contributed by atoms with van der Waals surface area (Å²) in [4.78, 5) is 14.5. The first kappa shape index (κ1) is 24.3. The molecule has 35 heavy (non-hydrogen) atoms.